The Morgan fingerprint density at radius 1 is 1.02 bits per heavy atom. The van der Waals surface area contributed by atoms with Gasteiger partial charge in [-0.2, -0.15) is 0 Å². The molecule has 0 radical (unpaired) electrons. The van der Waals surface area contributed by atoms with Gasteiger partial charge < -0.3 is 18.8 Å². The van der Waals surface area contributed by atoms with Gasteiger partial charge in [-0.3, -0.25) is 9.59 Å². The van der Waals surface area contributed by atoms with Crippen LogP contribution < -0.4 is 16.0 Å². The van der Waals surface area contributed by atoms with Crippen LogP contribution in [0, 0.1) is 6.92 Å². The number of halogens is 2. The van der Waals surface area contributed by atoms with Gasteiger partial charge in [-0.25, -0.2) is 13.8 Å². The predicted octanol–water partition coefficient (Wildman–Crippen LogP) is 5.52. The van der Waals surface area contributed by atoms with E-state index in [4.69, 9.17) is 9.72 Å². The van der Waals surface area contributed by atoms with E-state index >= 15 is 0 Å². The standard InChI is InChI=1S/C31H32F2N4O3/c1-18-14-24-26(36(3)30(18)38)17-27(34-28(24)19-8-12-40-13-9-19)37-11-4-6-20-15-22(23(29(32)33)16-25(20)37)21-7-5-10-35(2)31(21)39/h5,7,10,14-17,19,29H,4,6,8-9,11-13H2,1-3H3. The van der Waals surface area contributed by atoms with Crippen molar-refractivity contribution in [1.82, 2.24) is 14.1 Å². The predicted molar refractivity (Wildman–Crippen MR) is 152 cm³/mol. The summed E-state index contributed by atoms with van der Waals surface area (Å²) >= 11 is 0. The highest BCUT2D eigenvalue weighted by Gasteiger charge is 2.28. The second kappa shape index (κ2) is 10.3. The van der Waals surface area contributed by atoms with Crippen LogP contribution in [0.5, 0.6) is 0 Å². The van der Waals surface area contributed by atoms with Gasteiger partial charge in [0.2, 0.25) is 0 Å². The van der Waals surface area contributed by atoms with Crippen LogP contribution in [0.1, 0.15) is 54.0 Å². The lowest BCUT2D eigenvalue weighted by molar-refractivity contribution is 0.0848. The van der Waals surface area contributed by atoms with Crippen molar-refractivity contribution in [2.75, 3.05) is 24.7 Å². The lowest BCUT2D eigenvalue weighted by Gasteiger charge is -2.33. The van der Waals surface area contributed by atoms with Crippen LogP contribution in [0.15, 0.2) is 52.2 Å². The topological polar surface area (TPSA) is 69.4 Å². The number of pyridine rings is 3. The lowest BCUT2D eigenvalue weighted by Crippen LogP contribution is -2.28. The molecule has 0 spiro atoms. The molecule has 208 valence electrons. The minimum Gasteiger partial charge on any atom is -0.381 e. The van der Waals surface area contributed by atoms with Crippen LogP contribution in [0.3, 0.4) is 0 Å². The second-order valence-corrected chi connectivity index (χ2v) is 10.8. The lowest BCUT2D eigenvalue weighted by atomic mass is 9.91. The fourth-order valence-corrected chi connectivity index (χ4v) is 6.15. The molecular formula is C31H32F2N4O3. The first-order valence-corrected chi connectivity index (χ1v) is 13.7. The van der Waals surface area contributed by atoms with E-state index in [1.807, 2.05) is 24.0 Å². The number of hydrogen-bond donors (Lipinski definition) is 0. The van der Waals surface area contributed by atoms with Gasteiger partial charge in [0.15, 0.2) is 0 Å². The van der Waals surface area contributed by atoms with Gasteiger partial charge in [-0.05, 0) is 74.1 Å². The molecule has 1 saturated heterocycles. The van der Waals surface area contributed by atoms with E-state index in [9.17, 15) is 18.4 Å². The van der Waals surface area contributed by atoms with Crippen LogP contribution >= 0.6 is 0 Å². The molecule has 2 aliphatic rings. The van der Waals surface area contributed by atoms with Crippen LogP contribution in [0.4, 0.5) is 20.3 Å². The Bertz CT molecular complexity index is 1740. The van der Waals surface area contributed by atoms with Crippen molar-refractivity contribution in [2.24, 2.45) is 14.1 Å². The van der Waals surface area contributed by atoms with Crippen molar-refractivity contribution in [3.8, 4) is 11.1 Å². The molecule has 1 aromatic carbocycles. The molecule has 0 saturated carbocycles. The number of hydrogen-bond acceptors (Lipinski definition) is 5. The zero-order chi connectivity index (χ0) is 28.1. The average Bonchev–Trinajstić information content (AvgIpc) is 2.96. The summed E-state index contributed by atoms with van der Waals surface area (Å²) in [7, 11) is 3.38. The largest absolute Gasteiger partial charge is 0.381 e. The number of aryl methyl sites for hydroxylation is 4. The summed E-state index contributed by atoms with van der Waals surface area (Å²) in [4.78, 5) is 32.9. The highest BCUT2D eigenvalue weighted by molar-refractivity contribution is 5.86. The van der Waals surface area contributed by atoms with E-state index in [0.717, 1.165) is 41.4 Å². The number of aromatic nitrogens is 3. The highest BCUT2D eigenvalue weighted by Crippen LogP contribution is 2.42. The molecule has 0 amide bonds. The number of rotatable bonds is 4. The average molecular weight is 547 g/mol. The first kappa shape index (κ1) is 26.4. The number of anilines is 2. The van der Waals surface area contributed by atoms with E-state index in [2.05, 4.69) is 0 Å². The second-order valence-electron chi connectivity index (χ2n) is 10.8. The summed E-state index contributed by atoms with van der Waals surface area (Å²) in [6.45, 7) is 3.71. The third-order valence-corrected chi connectivity index (χ3v) is 8.32. The first-order valence-electron chi connectivity index (χ1n) is 13.7. The number of nitrogens with zero attached hydrogens (tertiary/aromatic N) is 4. The fourth-order valence-electron chi connectivity index (χ4n) is 6.15. The Hall–Kier alpha value is -3.85. The van der Waals surface area contributed by atoms with E-state index in [0.29, 0.717) is 43.2 Å². The molecule has 4 aromatic rings. The fraction of sp³-hybridized carbons (Fsp3) is 0.387. The van der Waals surface area contributed by atoms with Crippen molar-refractivity contribution in [1.29, 1.82) is 0 Å². The Labute approximate surface area is 230 Å². The van der Waals surface area contributed by atoms with Gasteiger partial charge in [-0.15, -0.1) is 0 Å². The van der Waals surface area contributed by atoms with Gasteiger partial charge in [0.05, 0.1) is 11.2 Å². The first-order chi connectivity index (χ1) is 19.2. The van der Waals surface area contributed by atoms with Crippen molar-refractivity contribution < 1.29 is 13.5 Å². The van der Waals surface area contributed by atoms with Crippen molar-refractivity contribution in [3.05, 3.63) is 85.7 Å². The smallest absolute Gasteiger partial charge is 0.264 e. The van der Waals surface area contributed by atoms with Crippen LogP contribution in [-0.4, -0.2) is 33.9 Å². The molecule has 0 atom stereocenters. The maximum Gasteiger partial charge on any atom is 0.264 e. The van der Waals surface area contributed by atoms with E-state index in [1.165, 1.54) is 10.6 Å². The molecule has 0 unspecified atom stereocenters. The number of fused-ring (bicyclic) bond motifs is 2. The van der Waals surface area contributed by atoms with Crippen molar-refractivity contribution in [2.45, 2.75) is 45.0 Å². The Morgan fingerprint density at radius 3 is 2.55 bits per heavy atom. The monoisotopic (exact) mass is 546 g/mol. The van der Waals surface area contributed by atoms with Crippen molar-refractivity contribution >= 4 is 22.4 Å². The Kier molecular flexibility index (Phi) is 6.78. The third-order valence-electron chi connectivity index (χ3n) is 8.32. The van der Waals surface area contributed by atoms with Crippen LogP contribution in [0.25, 0.3) is 22.0 Å². The SMILES string of the molecule is Cc1cc2c(C3CCOCC3)nc(N3CCCc4cc(-c5cccn(C)c5=O)c(C(F)F)cc43)cc2n(C)c1=O. The zero-order valence-corrected chi connectivity index (χ0v) is 22.9. The minimum absolute atomic E-state index is 0.0734. The number of ether oxygens (including phenoxy) is 1. The minimum atomic E-state index is -2.76. The molecule has 7 nitrogen and oxygen atoms in total. The summed E-state index contributed by atoms with van der Waals surface area (Å²) < 4.78 is 37.7. The molecule has 0 bridgehead atoms. The van der Waals surface area contributed by atoms with Crippen LogP contribution in [-0.2, 0) is 25.3 Å². The molecule has 2 aliphatic heterocycles. The molecule has 9 heteroatoms. The summed E-state index contributed by atoms with van der Waals surface area (Å²) in [6, 6.07) is 10.4. The normalized spacial score (nSPS) is 16.1. The molecule has 1 fully saturated rings. The molecule has 5 heterocycles. The summed E-state index contributed by atoms with van der Waals surface area (Å²) in [5.41, 5.74) is 3.86. The maximum atomic E-state index is 14.5. The van der Waals surface area contributed by atoms with Gasteiger partial charge >= 0.3 is 0 Å². The maximum absolute atomic E-state index is 14.5. The van der Waals surface area contributed by atoms with Gasteiger partial charge in [0.25, 0.3) is 17.5 Å². The molecule has 6 rings (SSSR count). The van der Waals surface area contributed by atoms with Crippen molar-refractivity contribution in [3.63, 3.8) is 0 Å². The van der Waals surface area contributed by atoms with Gasteiger partial charge in [-0.1, -0.05) is 0 Å². The summed E-state index contributed by atoms with van der Waals surface area (Å²) in [5.74, 6) is 0.808. The van der Waals surface area contributed by atoms with Gasteiger partial charge in [0, 0.05) is 79.8 Å². The molecule has 3 aromatic heterocycles. The quantitative estimate of drug-likeness (QED) is 0.337. The number of alkyl halides is 2. The third kappa shape index (κ3) is 4.42. The number of benzene rings is 1. The van der Waals surface area contributed by atoms with E-state index < -0.39 is 6.43 Å². The zero-order valence-electron chi connectivity index (χ0n) is 22.9. The summed E-state index contributed by atoms with van der Waals surface area (Å²) in [6.07, 6.45) is 2.01. The van der Waals surface area contributed by atoms with Crippen LogP contribution in [0.2, 0.25) is 0 Å². The molecule has 40 heavy (non-hydrogen) atoms. The molecule has 0 N–H and O–H groups in total. The molecular weight excluding hydrogens is 514 g/mol. The Balaban J connectivity index is 1.56. The van der Waals surface area contributed by atoms with Gasteiger partial charge in [0.1, 0.15) is 5.82 Å². The Morgan fingerprint density at radius 2 is 1.80 bits per heavy atom. The van der Waals surface area contributed by atoms with E-state index in [-0.39, 0.29) is 33.7 Å². The summed E-state index contributed by atoms with van der Waals surface area (Å²) in [5, 5.41) is 0.941. The molecule has 0 aliphatic carbocycles. The highest BCUT2D eigenvalue weighted by atomic mass is 19.3. The van der Waals surface area contributed by atoms with E-state index in [1.54, 1.807) is 43.1 Å².